The van der Waals surface area contributed by atoms with Crippen LogP contribution >= 0.6 is 0 Å². The Hall–Kier alpha value is -0.910. The van der Waals surface area contributed by atoms with E-state index in [9.17, 15) is 8.42 Å². The van der Waals surface area contributed by atoms with Gasteiger partial charge in [0.2, 0.25) is 10.0 Å². The zero-order valence-electron chi connectivity index (χ0n) is 12.5. The van der Waals surface area contributed by atoms with E-state index in [1.165, 1.54) is 0 Å². The number of benzene rings is 1. The first-order chi connectivity index (χ1) is 9.41. The van der Waals surface area contributed by atoms with Crippen LogP contribution in [0.4, 0.5) is 0 Å². The number of hydrogen-bond acceptors (Lipinski definition) is 3. The molecule has 2 rings (SSSR count). The van der Waals surface area contributed by atoms with E-state index >= 15 is 0 Å². The fourth-order valence-electron chi connectivity index (χ4n) is 2.44. The maximum atomic E-state index is 12.7. The van der Waals surface area contributed by atoms with Gasteiger partial charge in [0.25, 0.3) is 0 Å². The molecule has 0 aromatic heterocycles. The van der Waals surface area contributed by atoms with Crippen molar-refractivity contribution in [1.82, 2.24) is 9.62 Å². The summed E-state index contributed by atoms with van der Waals surface area (Å²) in [6.45, 7) is 8.23. The number of sulfonamides is 1. The third kappa shape index (κ3) is 3.40. The van der Waals surface area contributed by atoms with Crippen LogP contribution in [0.2, 0.25) is 0 Å². The van der Waals surface area contributed by atoms with Crippen molar-refractivity contribution in [3.8, 4) is 0 Å². The van der Waals surface area contributed by atoms with Crippen molar-refractivity contribution in [2.75, 3.05) is 19.6 Å². The molecule has 5 heteroatoms. The molecule has 1 heterocycles. The van der Waals surface area contributed by atoms with Crippen LogP contribution in [0, 0.1) is 12.8 Å². The van der Waals surface area contributed by atoms with Crippen LogP contribution in [-0.4, -0.2) is 38.4 Å². The summed E-state index contributed by atoms with van der Waals surface area (Å²) in [5.41, 5.74) is 1.07. The van der Waals surface area contributed by atoms with Gasteiger partial charge in [0, 0.05) is 19.1 Å². The molecule has 112 valence electrons. The van der Waals surface area contributed by atoms with Crippen LogP contribution in [0.15, 0.2) is 29.2 Å². The lowest BCUT2D eigenvalue weighted by molar-refractivity contribution is 0.342. The molecule has 1 atom stereocenters. The molecule has 0 bridgehead atoms. The Morgan fingerprint density at radius 3 is 2.50 bits per heavy atom. The van der Waals surface area contributed by atoms with Crippen LogP contribution in [-0.2, 0) is 10.0 Å². The summed E-state index contributed by atoms with van der Waals surface area (Å²) in [5, 5.41) is 3.44. The minimum absolute atomic E-state index is 0.220. The van der Waals surface area contributed by atoms with E-state index in [4.69, 9.17) is 0 Å². The monoisotopic (exact) mass is 296 g/mol. The average molecular weight is 296 g/mol. The Bertz CT molecular complexity index is 537. The second-order valence-corrected chi connectivity index (χ2v) is 7.77. The van der Waals surface area contributed by atoms with Gasteiger partial charge >= 0.3 is 0 Å². The zero-order chi connectivity index (χ0) is 14.8. The first kappa shape index (κ1) is 15.5. The van der Waals surface area contributed by atoms with Crippen LogP contribution in [0.3, 0.4) is 0 Å². The molecule has 0 spiro atoms. The van der Waals surface area contributed by atoms with Crippen molar-refractivity contribution < 1.29 is 8.42 Å². The third-order valence-electron chi connectivity index (χ3n) is 3.85. The van der Waals surface area contributed by atoms with Crippen molar-refractivity contribution in [2.24, 2.45) is 5.92 Å². The SMILES string of the molecule is Cc1ccc(S(=O)(=O)N2CCCNC(C(C)C)C2)cc1. The summed E-state index contributed by atoms with van der Waals surface area (Å²) in [4.78, 5) is 0.396. The van der Waals surface area contributed by atoms with Gasteiger partial charge in [0.15, 0.2) is 0 Å². The van der Waals surface area contributed by atoms with Gasteiger partial charge in [-0.25, -0.2) is 8.42 Å². The Labute approximate surface area is 122 Å². The van der Waals surface area contributed by atoms with Crippen LogP contribution < -0.4 is 5.32 Å². The summed E-state index contributed by atoms with van der Waals surface area (Å²) in [6.07, 6.45) is 0.855. The molecule has 0 radical (unpaired) electrons. The second kappa shape index (κ2) is 6.24. The summed E-state index contributed by atoms with van der Waals surface area (Å²) in [5.74, 6) is 0.420. The van der Waals surface area contributed by atoms with Gasteiger partial charge in [-0.1, -0.05) is 31.5 Å². The highest BCUT2D eigenvalue weighted by atomic mass is 32.2. The number of aryl methyl sites for hydroxylation is 1. The number of nitrogens with zero attached hydrogens (tertiary/aromatic N) is 1. The van der Waals surface area contributed by atoms with Gasteiger partial charge in [0.1, 0.15) is 0 Å². The summed E-state index contributed by atoms with van der Waals surface area (Å²) in [7, 11) is -3.38. The van der Waals surface area contributed by atoms with Crippen LogP contribution in [0.25, 0.3) is 0 Å². The molecule has 1 fully saturated rings. The van der Waals surface area contributed by atoms with Crippen molar-refractivity contribution in [2.45, 2.75) is 38.1 Å². The zero-order valence-corrected chi connectivity index (χ0v) is 13.3. The van der Waals surface area contributed by atoms with Crippen LogP contribution in [0.5, 0.6) is 0 Å². The van der Waals surface area contributed by atoms with E-state index in [1.807, 2.05) is 19.1 Å². The molecule has 1 saturated heterocycles. The Morgan fingerprint density at radius 1 is 1.25 bits per heavy atom. The molecule has 0 aliphatic carbocycles. The molecule has 1 aromatic rings. The lowest BCUT2D eigenvalue weighted by atomic mass is 10.1. The first-order valence-electron chi connectivity index (χ1n) is 7.21. The van der Waals surface area contributed by atoms with E-state index < -0.39 is 10.0 Å². The van der Waals surface area contributed by atoms with Gasteiger partial charge in [-0.3, -0.25) is 0 Å². The average Bonchev–Trinajstić information content (AvgIpc) is 2.65. The highest BCUT2D eigenvalue weighted by molar-refractivity contribution is 7.89. The van der Waals surface area contributed by atoms with E-state index in [-0.39, 0.29) is 6.04 Å². The van der Waals surface area contributed by atoms with E-state index in [0.717, 1.165) is 18.5 Å². The van der Waals surface area contributed by atoms with Gasteiger partial charge in [-0.15, -0.1) is 0 Å². The number of hydrogen-bond donors (Lipinski definition) is 1. The highest BCUT2D eigenvalue weighted by Crippen LogP contribution is 2.19. The Morgan fingerprint density at radius 2 is 1.90 bits per heavy atom. The molecule has 0 saturated carbocycles. The molecule has 1 aromatic carbocycles. The third-order valence-corrected chi connectivity index (χ3v) is 5.73. The number of nitrogens with one attached hydrogen (secondary N) is 1. The summed E-state index contributed by atoms with van der Waals surface area (Å²) < 4.78 is 27.1. The predicted octanol–water partition coefficient (Wildman–Crippen LogP) is 2.00. The number of rotatable bonds is 3. The summed E-state index contributed by atoms with van der Waals surface area (Å²) >= 11 is 0. The standard InChI is InChI=1S/C15H24N2O2S/c1-12(2)15-11-17(10-4-9-16-15)20(18,19)14-7-5-13(3)6-8-14/h5-8,12,15-16H,4,9-11H2,1-3H3. The fourth-order valence-corrected chi connectivity index (χ4v) is 3.95. The quantitative estimate of drug-likeness (QED) is 0.928. The minimum Gasteiger partial charge on any atom is -0.312 e. The van der Waals surface area contributed by atoms with E-state index in [0.29, 0.717) is 23.9 Å². The van der Waals surface area contributed by atoms with Gasteiger partial charge in [-0.2, -0.15) is 4.31 Å². The lowest BCUT2D eigenvalue weighted by Gasteiger charge is -2.26. The molecule has 1 aliphatic rings. The summed E-state index contributed by atoms with van der Waals surface area (Å²) in [6, 6.07) is 7.32. The molecule has 1 unspecified atom stereocenters. The van der Waals surface area contributed by atoms with Gasteiger partial charge < -0.3 is 5.32 Å². The molecular weight excluding hydrogens is 272 g/mol. The fraction of sp³-hybridized carbons (Fsp3) is 0.600. The van der Waals surface area contributed by atoms with E-state index in [2.05, 4.69) is 19.2 Å². The van der Waals surface area contributed by atoms with Crippen molar-refractivity contribution in [3.05, 3.63) is 29.8 Å². The Kier molecular flexibility index (Phi) is 4.83. The molecule has 1 aliphatic heterocycles. The highest BCUT2D eigenvalue weighted by Gasteiger charge is 2.29. The Balaban J connectivity index is 2.25. The largest absolute Gasteiger partial charge is 0.312 e. The lowest BCUT2D eigenvalue weighted by Crippen LogP contribution is -2.43. The predicted molar refractivity (Wildman–Crippen MR) is 81.2 cm³/mol. The van der Waals surface area contributed by atoms with E-state index in [1.54, 1.807) is 16.4 Å². The maximum absolute atomic E-state index is 12.7. The van der Waals surface area contributed by atoms with Crippen molar-refractivity contribution in [3.63, 3.8) is 0 Å². The maximum Gasteiger partial charge on any atom is 0.243 e. The minimum atomic E-state index is -3.38. The molecule has 0 amide bonds. The molecular formula is C15H24N2O2S. The normalized spacial score (nSPS) is 21.9. The molecule has 1 N–H and O–H groups in total. The first-order valence-corrected chi connectivity index (χ1v) is 8.65. The van der Waals surface area contributed by atoms with Crippen molar-refractivity contribution >= 4 is 10.0 Å². The smallest absolute Gasteiger partial charge is 0.243 e. The van der Waals surface area contributed by atoms with Gasteiger partial charge in [0.05, 0.1) is 4.90 Å². The second-order valence-electron chi connectivity index (χ2n) is 5.83. The van der Waals surface area contributed by atoms with Gasteiger partial charge in [-0.05, 0) is 37.9 Å². The van der Waals surface area contributed by atoms with Crippen molar-refractivity contribution in [1.29, 1.82) is 0 Å². The topological polar surface area (TPSA) is 49.4 Å². The van der Waals surface area contributed by atoms with Crippen LogP contribution in [0.1, 0.15) is 25.8 Å². The molecule has 20 heavy (non-hydrogen) atoms. The molecule has 4 nitrogen and oxygen atoms in total.